The van der Waals surface area contributed by atoms with Crippen LogP contribution < -0.4 is 5.56 Å². The van der Waals surface area contributed by atoms with Gasteiger partial charge in [-0.25, -0.2) is 4.68 Å². The number of aryl methyl sites for hydroxylation is 1. The molecule has 0 aliphatic rings. The zero-order valence-electron chi connectivity index (χ0n) is 16.4. The molecule has 0 atom stereocenters. The van der Waals surface area contributed by atoms with Crippen LogP contribution in [0, 0.1) is 0 Å². The zero-order chi connectivity index (χ0) is 20.8. The predicted molar refractivity (Wildman–Crippen MR) is 121 cm³/mol. The molecule has 0 saturated carbocycles. The lowest BCUT2D eigenvalue weighted by Gasteiger charge is -2.18. The maximum Gasteiger partial charge on any atom is 0.266 e. The summed E-state index contributed by atoms with van der Waals surface area (Å²) in [6.45, 7) is 0.489. The number of aromatic hydroxyl groups is 1. The van der Waals surface area contributed by atoms with E-state index < -0.39 is 0 Å². The molecule has 4 nitrogen and oxygen atoms in total. The van der Waals surface area contributed by atoms with Crippen molar-refractivity contribution in [1.82, 2.24) is 9.78 Å². The van der Waals surface area contributed by atoms with Crippen LogP contribution in [0.15, 0.2) is 107 Å². The first-order valence-corrected chi connectivity index (χ1v) is 10.8. The van der Waals surface area contributed by atoms with Crippen molar-refractivity contribution in [1.29, 1.82) is 0 Å². The van der Waals surface area contributed by atoms with Crippen LogP contribution >= 0.6 is 11.8 Å². The number of phenolic OH excluding ortho intramolecular Hbond substituents is 1. The van der Waals surface area contributed by atoms with Gasteiger partial charge in [0.1, 0.15) is 5.75 Å². The molecule has 0 fully saturated rings. The summed E-state index contributed by atoms with van der Waals surface area (Å²) in [4.78, 5) is 13.4. The van der Waals surface area contributed by atoms with Crippen LogP contribution in [0.3, 0.4) is 0 Å². The Morgan fingerprint density at radius 3 is 2.13 bits per heavy atom. The Hall–Kier alpha value is -3.31. The highest BCUT2D eigenvalue weighted by Crippen LogP contribution is 2.30. The molecule has 150 valence electrons. The molecule has 0 aliphatic carbocycles. The first-order valence-electron chi connectivity index (χ1n) is 9.80. The minimum absolute atomic E-state index is 0.0435. The van der Waals surface area contributed by atoms with Gasteiger partial charge in [0.05, 0.1) is 18.2 Å². The van der Waals surface area contributed by atoms with Crippen molar-refractivity contribution in [2.75, 3.05) is 5.75 Å². The average Bonchev–Trinajstić information content (AvgIpc) is 2.77. The summed E-state index contributed by atoms with van der Waals surface area (Å²) in [5.41, 5.74) is 3.00. The maximum absolute atomic E-state index is 12.4. The normalized spacial score (nSPS) is 11.0. The Bertz CT molecular complexity index is 1120. The monoisotopic (exact) mass is 414 g/mol. The predicted octanol–water partition coefficient (Wildman–Crippen LogP) is 4.92. The summed E-state index contributed by atoms with van der Waals surface area (Å²) >= 11 is 1.59. The van der Waals surface area contributed by atoms with Gasteiger partial charge in [0.25, 0.3) is 5.56 Å². The molecular formula is C25H22N2O2S. The highest BCUT2D eigenvalue weighted by molar-refractivity contribution is 7.99. The van der Waals surface area contributed by atoms with Crippen LogP contribution in [-0.4, -0.2) is 20.6 Å². The summed E-state index contributed by atoms with van der Waals surface area (Å²) < 4.78 is 1.53. The number of hydrogen-bond acceptors (Lipinski definition) is 4. The molecule has 30 heavy (non-hydrogen) atoms. The van der Waals surface area contributed by atoms with Gasteiger partial charge in [-0.3, -0.25) is 4.79 Å². The van der Waals surface area contributed by atoms with Gasteiger partial charge in [-0.1, -0.05) is 66.7 Å². The quantitative estimate of drug-likeness (QED) is 0.436. The van der Waals surface area contributed by atoms with Crippen molar-refractivity contribution in [2.45, 2.75) is 17.4 Å². The van der Waals surface area contributed by atoms with E-state index in [0.717, 1.165) is 21.7 Å². The lowest BCUT2D eigenvalue weighted by molar-refractivity contribution is 0.474. The van der Waals surface area contributed by atoms with E-state index in [-0.39, 0.29) is 17.2 Å². The molecule has 0 saturated heterocycles. The molecule has 0 spiro atoms. The van der Waals surface area contributed by atoms with Gasteiger partial charge in [0, 0.05) is 16.7 Å². The fourth-order valence-corrected chi connectivity index (χ4v) is 4.31. The Labute approximate surface area is 179 Å². The first kappa shape index (κ1) is 20.0. The molecule has 0 aliphatic heterocycles. The van der Waals surface area contributed by atoms with E-state index in [9.17, 15) is 9.90 Å². The van der Waals surface area contributed by atoms with E-state index in [1.165, 1.54) is 4.68 Å². The van der Waals surface area contributed by atoms with Crippen molar-refractivity contribution in [3.05, 3.63) is 124 Å². The summed E-state index contributed by atoms with van der Waals surface area (Å²) in [5, 5.41) is 14.3. The molecule has 0 bridgehead atoms. The van der Waals surface area contributed by atoms with E-state index in [1.807, 2.05) is 54.6 Å². The molecule has 0 radical (unpaired) electrons. The fraction of sp³-hybridized carbons (Fsp3) is 0.120. The standard InChI is InChI=1S/C25H22N2O2S/c28-21-12-7-13-22(18-21)30-17-16-27-24(29)15-14-23(26-27)25(19-8-3-1-4-9-19)20-10-5-2-6-11-20/h1-15,18,25,28H,16-17H2. The summed E-state index contributed by atoms with van der Waals surface area (Å²) in [6.07, 6.45) is 0. The molecule has 1 N–H and O–H groups in total. The molecule has 4 rings (SSSR count). The third-order valence-electron chi connectivity index (χ3n) is 4.84. The Morgan fingerprint density at radius 1 is 0.833 bits per heavy atom. The minimum atomic E-state index is -0.116. The molecule has 3 aromatic carbocycles. The Morgan fingerprint density at radius 2 is 1.50 bits per heavy atom. The van der Waals surface area contributed by atoms with Crippen LogP contribution in [0.2, 0.25) is 0 Å². The van der Waals surface area contributed by atoms with Crippen molar-refractivity contribution < 1.29 is 5.11 Å². The van der Waals surface area contributed by atoms with E-state index >= 15 is 0 Å². The van der Waals surface area contributed by atoms with Gasteiger partial charge in [-0.2, -0.15) is 5.10 Å². The second-order valence-corrected chi connectivity index (χ2v) is 8.09. The van der Waals surface area contributed by atoms with Crippen LogP contribution in [0.5, 0.6) is 5.75 Å². The molecule has 1 aromatic heterocycles. The van der Waals surface area contributed by atoms with E-state index in [4.69, 9.17) is 5.10 Å². The van der Waals surface area contributed by atoms with Crippen LogP contribution in [0.4, 0.5) is 0 Å². The van der Waals surface area contributed by atoms with Crippen LogP contribution in [0.1, 0.15) is 22.7 Å². The molecule has 0 amide bonds. The Balaban J connectivity index is 1.60. The average molecular weight is 415 g/mol. The lowest BCUT2D eigenvalue weighted by atomic mass is 9.88. The second kappa shape index (κ2) is 9.46. The highest BCUT2D eigenvalue weighted by atomic mass is 32.2. The number of phenols is 1. The SMILES string of the molecule is O=c1ccc(C(c2ccccc2)c2ccccc2)nn1CCSc1cccc(O)c1. The largest absolute Gasteiger partial charge is 0.508 e. The highest BCUT2D eigenvalue weighted by Gasteiger charge is 2.19. The molecular weight excluding hydrogens is 392 g/mol. The lowest BCUT2D eigenvalue weighted by Crippen LogP contribution is -2.25. The van der Waals surface area contributed by atoms with Gasteiger partial charge in [-0.15, -0.1) is 11.8 Å². The summed E-state index contributed by atoms with van der Waals surface area (Å²) in [5.74, 6) is 0.880. The first-order chi connectivity index (χ1) is 14.7. The third kappa shape index (κ3) is 4.81. The van der Waals surface area contributed by atoms with E-state index in [0.29, 0.717) is 12.3 Å². The number of aromatic nitrogens is 2. The molecule has 0 unspecified atom stereocenters. The van der Waals surface area contributed by atoms with Gasteiger partial charge in [-0.05, 0) is 35.4 Å². The van der Waals surface area contributed by atoms with Crippen molar-refractivity contribution in [3.8, 4) is 5.75 Å². The summed E-state index contributed by atoms with van der Waals surface area (Å²) in [6, 6.07) is 31.0. The molecule has 5 heteroatoms. The van der Waals surface area contributed by atoms with Crippen molar-refractivity contribution in [2.24, 2.45) is 0 Å². The van der Waals surface area contributed by atoms with Gasteiger partial charge in [0.15, 0.2) is 0 Å². The topological polar surface area (TPSA) is 55.1 Å². The molecule has 4 aromatic rings. The smallest absolute Gasteiger partial charge is 0.266 e. The molecule has 1 heterocycles. The van der Waals surface area contributed by atoms with Gasteiger partial charge >= 0.3 is 0 Å². The third-order valence-corrected chi connectivity index (χ3v) is 5.81. The maximum atomic E-state index is 12.4. The van der Waals surface area contributed by atoms with Crippen LogP contribution in [-0.2, 0) is 6.54 Å². The van der Waals surface area contributed by atoms with Gasteiger partial charge < -0.3 is 5.11 Å². The number of thioether (sulfide) groups is 1. The second-order valence-electron chi connectivity index (χ2n) is 6.92. The minimum Gasteiger partial charge on any atom is -0.508 e. The van der Waals surface area contributed by atoms with Gasteiger partial charge in [0.2, 0.25) is 0 Å². The Kier molecular flexibility index (Phi) is 6.30. The number of nitrogens with zero attached hydrogens (tertiary/aromatic N) is 2. The van der Waals surface area contributed by atoms with E-state index in [2.05, 4.69) is 24.3 Å². The number of benzene rings is 3. The van der Waals surface area contributed by atoms with Crippen LogP contribution in [0.25, 0.3) is 0 Å². The van der Waals surface area contributed by atoms with Crippen molar-refractivity contribution in [3.63, 3.8) is 0 Å². The zero-order valence-corrected chi connectivity index (χ0v) is 17.2. The number of hydrogen-bond donors (Lipinski definition) is 1. The summed E-state index contributed by atoms with van der Waals surface area (Å²) in [7, 11) is 0. The number of rotatable bonds is 7. The van der Waals surface area contributed by atoms with E-state index in [1.54, 1.807) is 30.0 Å². The van der Waals surface area contributed by atoms with Crippen molar-refractivity contribution >= 4 is 11.8 Å². The fourth-order valence-electron chi connectivity index (χ4n) is 3.43.